The normalized spacial score (nSPS) is 10.7. The summed E-state index contributed by atoms with van der Waals surface area (Å²) in [5.41, 5.74) is 1.45. The first-order valence-electron chi connectivity index (χ1n) is 7.17. The van der Waals surface area contributed by atoms with Gasteiger partial charge in [0.2, 0.25) is 5.82 Å². The van der Waals surface area contributed by atoms with Crippen LogP contribution in [0.15, 0.2) is 46.3 Å². The molecule has 2 N–H and O–H groups in total. The van der Waals surface area contributed by atoms with Gasteiger partial charge < -0.3 is 15.2 Å². The molecule has 0 spiro atoms. The molecule has 23 heavy (non-hydrogen) atoms. The number of thiophene rings is 1. The second-order valence-electron chi connectivity index (χ2n) is 5.23. The van der Waals surface area contributed by atoms with Crippen LogP contribution in [0.4, 0.5) is 10.5 Å². The van der Waals surface area contributed by atoms with Crippen molar-refractivity contribution in [2.75, 3.05) is 5.32 Å². The lowest BCUT2D eigenvalue weighted by atomic mass is 10.2. The summed E-state index contributed by atoms with van der Waals surface area (Å²) in [6, 6.07) is 11.0. The lowest BCUT2D eigenvalue weighted by molar-refractivity contribution is 0.250. The molecule has 6 nitrogen and oxygen atoms in total. The molecule has 0 fully saturated rings. The molecule has 0 saturated heterocycles. The molecule has 7 heteroatoms. The van der Waals surface area contributed by atoms with Crippen LogP contribution >= 0.6 is 11.3 Å². The number of benzene rings is 1. The number of aromatic nitrogens is 2. The Balaban J connectivity index is 1.79. The third kappa shape index (κ3) is 3.75. The Bertz CT molecular complexity index is 796. The Morgan fingerprint density at radius 1 is 1.26 bits per heavy atom. The van der Waals surface area contributed by atoms with Crippen LogP contribution < -0.4 is 10.6 Å². The van der Waals surface area contributed by atoms with Crippen molar-refractivity contribution in [1.29, 1.82) is 0 Å². The van der Waals surface area contributed by atoms with Gasteiger partial charge in [0.15, 0.2) is 0 Å². The third-order valence-corrected chi connectivity index (χ3v) is 3.81. The third-order valence-electron chi connectivity index (χ3n) is 2.96. The summed E-state index contributed by atoms with van der Waals surface area (Å²) < 4.78 is 5.29. The molecule has 2 heterocycles. The zero-order valence-corrected chi connectivity index (χ0v) is 13.6. The number of hydrogen-bond acceptors (Lipinski definition) is 5. The first-order chi connectivity index (χ1) is 11.1. The largest absolute Gasteiger partial charge is 0.336 e. The first kappa shape index (κ1) is 15.2. The van der Waals surface area contributed by atoms with Crippen molar-refractivity contribution in [3.63, 3.8) is 0 Å². The molecule has 2 amide bonds. The van der Waals surface area contributed by atoms with E-state index in [0.29, 0.717) is 17.4 Å². The number of carbonyl (C=O) groups is 1. The second-order valence-corrected chi connectivity index (χ2v) is 6.18. The van der Waals surface area contributed by atoms with Gasteiger partial charge in [-0.2, -0.15) is 4.98 Å². The van der Waals surface area contributed by atoms with Gasteiger partial charge in [-0.25, -0.2) is 4.79 Å². The van der Waals surface area contributed by atoms with E-state index >= 15 is 0 Å². The van der Waals surface area contributed by atoms with E-state index in [-0.39, 0.29) is 12.1 Å². The van der Waals surface area contributed by atoms with E-state index in [9.17, 15) is 4.79 Å². The van der Waals surface area contributed by atoms with Gasteiger partial charge >= 0.3 is 6.03 Å². The molecule has 0 aliphatic heterocycles. The zero-order chi connectivity index (χ0) is 16.2. The summed E-state index contributed by atoms with van der Waals surface area (Å²) in [5.74, 6) is 0.979. The minimum absolute atomic E-state index is 0.0729. The number of urea groups is 1. The van der Waals surface area contributed by atoms with Crippen LogP contribution in [-0.4, -0.2) is 22.2 Å². The number of amides is 2. The van der Waals surface area contributed by atoms with Crippen LogP contribution in [0, 0.1) is 0 Å². The molecule has 118 valence electrons. The van der Waals surface area contributed by atoms with E-state index in [1.54, 1.807) is 11.3 Å². The van der Waals surface area contributed by atoms with Crippen LogP contribution in [0.3, 0.4) is 0 Å². The predicted molar refractivity (Wildman–Crippen MR) is 90.3 cm³/mol. The number of hydrogen-bond donors (Lipinski definition) is 2. The maximum absolute atomic E-state index is 11.8. The Kier molecular flexibility index (Phi) is 4.38. The molecule has 0 atom stereocenters. The van der Waals surface area contributed by atoms with Gasteiger partial charge in [-0.3, -0.25) is 0 Å². The zero-order valence-electron chi connectivity index (χ0n) is 12.7. The minimum Gasteiger partial charge on any atom is -0.336 e. The molecule has 0 bridgehead atoms. The topological polar surface area (TPSA) is 80.0 Å². The highest BCUT2D eigenvalue weighted by Gasteiger charge is 2.12. The lowest BCUT2D eigenvalue weighted by Crippen LogP contribution is -2.34. The number of nitrogens with zero attached hydrogens (tertiary/aromatic N) is 2. The van der Waals surface area contributed by atoms with Crippen molar-refractivity contribution in [2.45, 2.75) is 19.9 Å². The van der Waals surface area contributed by atoms with Crippen molar-refractivity contribution in [2.24, 2.45) is 0 Å². The molecule has 0 saturated carbocycles. The molecule has 0 aliphatic carbocycles. The molecular formula is C16H16N4O2S. The van der Waals surface area contributed by atoms with Gasteiger partial charge in [0.25, 0.3) is 5.89 Å². The van der Waals surface area contributed by atoms with Gasteiger partial charge in [-0.1, -0.05) is 23.4 Å². The smallest absolute Gasteiger partial charge is 0.319 e. The van der Waals surface area contributed by atoms with E-state index in [4.69, 9.17) is 4.52 Å². The average Bonchev–Trinajstić information content (AvgIpc) is 3.18. The van der Waals surface area contributed by atoms with Gasteiger partial charge in [0.05, 0.1) is 4.88 Å². The van der Waals surface area contributed by atoms with Crippen LogP contribution in [0.1, 0.15) is 13.8 Å². The van der Waals surface area contributed by atoms with Crippen molar-refractivity contribution in [3.8, 4) is 22.2 Å². The number of anilines is 1. The molecule has 2 aromatic heterocycles. The van der Waals surface area contributed by atoms with Crippen LogP contribution in [0.5, 0.6) is 0 Å². The summed E-state index contributed by atoms with van der Waals surface area (Å²) in [7, 11) is 0. The fraction of sp³-hybridized carbons (Fsp3) is 0.188. The maximum Gasteiger partial charge on any atom is 0.319 e. The number of rotatable bonds is 4. The maximum atomic E-state index is 11.8. The Labute approximate surface area is 137 Å². The Morgan fingerprint density at radius 2 is 2.13 bits per heavy atom. The summed E-state index contributed by atoms with van der Waals surface area (Å²) in [6.45, 7) is 3.81. The highest BCUT2D eigenvalue weighted by Crippen LogP contribution is 2.26. The molecule has 1 aromatic carbocycles. The van der Waals surface area contributed by atoms with Crippen LogP contribution in [-0.2, 0) is 0 Å². The number of carbonyl (C=O) groups excluding carboxylic acids is 1. The molecular weight excluding hydrogens is 312 g/mol. The summed E-state index contributed by atoms with van der Waals surface area (Å²) in [5, 5.41) is 11.5. The SMILES string of the molecule is CC(C)NC(=O)Nc1cccc(-c2noc(-c3cccs3)n2)c1. The monoisotopic (exact) mass is 328 g/mol. The highest BCUT2D eigenvalue weighted by molar-refractivity contribution is 7.13. The lowest BCUT2D eigenvalue weighted by Gasteiger charge is -2.10. The van der Waals surface area contributed by atoms with Gasteiger partial charge in [-0.05, 0) is 37.4 Å². The fourth-order valence-electron chi connectivity index (χ4n) is 2.01. The summed E-state index contributed by atoms with van der Waals surface area (Å²) in [6.07, 6.45) is 0. The van der Waals surface area contributed by atoms with Crippen LogP contribution in [0.25, 0.3) is 22.2 Å². The van der Waals surface area contributed by atoms with Crippen LogP contribution in [0.2, 0.25) is 0 Å². The molecule has 0 radical (unpaired) electrons. The molecule has 0 aliphatic rings. The average molecular weight is 328 g/mol. The summed E-state index contributed by atoms with van der Waals surface area (Å²) in [4.78, 5) is 17.1. The summed E-state index contributed by atoms with van der Waals surface area (Å²) >= 11 is 1.54. The van der Waals surface area contributed by atoms with E-state index in [1.807, 2.05) is 55.6 Å². The first-order valence-corrected chi connectivity index (χ1v) is 8.05. The van der Waals surface area contributed by atoms with Crippen molar-refractivity contribution < 1.29 is 9.32 Å². The van der Waals surface area contributed by atoms with Gasteiger partial charge in [0.1, 0.15) is 0 Å². The van der Waals surface area contributed by atoms with Crippen molar-refractivity contribution >= 4 is 23.1 Å². The molecule has 3 rings (SSSR count). The minimum atomic E-state index is -0.246. The molecule has 3 aromatic rings. The van der Waals surface area contributed by atoms with Gasteiger partial charge in [-0.15, -0.1) is 11.3 Å². The van der Waals surface area contributed by atoms with E-state index in [0.717, 1.165) is 10.4 Å². The number of nitrogens with one attached hydrogen (secondary N) is 2. The van der Waals surface area contributed by atoms with Gasteiger partial charge in [0, 0.05) is 17.3 Å². The second kappa shape index (κ2) is 6.62. The quantitative estimate of drug-likeness (QED) is 0.759. The Hall–Kier alpha value is -2.67. The van der Waals surface area contributed by atoms with Crippen molar-refractivity contribution in [1.82, 2.24) is 15.5 Å². The van der Waals surface area contributed by atoms with E-state index < -0.39 is 0 Å². The fourth-order valence-corrected chi connectivity index (χ4v) is 2.65. The van der Waals surface area contributed by atoms with Crippen molar-refractivity contribution in [3.05, 3.63) is 41.8 Å². The highest BCUT2D eigenvalue weighted by atomic mass is 32.1. The standard InChI is InChI=1S/C16H16N4O2S/c1-10(2)17-16(21)18-12-6-3-5-11(9-12)14-19-15(22-20-14)13-7-4-8-23-13/h3-10H,1-2H3,(H2,17,18,21). The van der Waals surface area contributed by atoms with E-state index in [2.05, 4.69) is 20.8 Å². The predicted octanol–water partition coefficient (Wildman–Crippen LogP) is 4.00. The Morgan fingerprint density at radius 3 is 2.87 bits per heavy atom. The van der Waals surface area contributed by atoms with E-state index in [1.165, 1.54) is 0 Å². The molecule has 0 unspecified atom stereocenters.